The van der Waals surface area contributed by atoms with Crippen LogP contribution in [-0.2, 0) is 14.8 Å². The van der Waals surface area contributed by atoms with Crippen molar-refractivity contribution < 1.29 is 13.2 Å². The van der Waals surface area contributed by atoms with E-state index >= 15 is 0 Å². The van der Waals surface area contributed by atoms with Gasteiger partial charge in [0.25, 0.3) is 0 Å². The van der Waals surface area contributed by atoms with Crippen molar-refractivity contribution in [3.63, 3.8) is 0 Å². The fraction of sp³-hybridized carbons (Fsp3) is 1.00. The second kappa shape index (κ2) is 4.37. The van der Waals surface area contributed by atoms with Gasteiger partial charge in [0.1, 0.15) is 0 Å². The molecule has 0 saturated carbocycles. The molecule has 2 fully saturated rings. The number of hydrogen-bond donors (Lipinski definition) is 1. The van der Waals surface area contributed by atoms with Gasteiger partial charge in [-0.3, -0.25) is 0 Å². The quantitative estimate of drug-likeness (QED) is 0.701. The van der Waals surface area contributed by atoms with Crippen LogP contribution in [0.15, 0.2) is 0 Å². The molecule has 5 nitrogen and oxygen atoms in total. The number of hydrogen-bond acceptors (Lipinski definition) is 4. The van der Waals surface area contributed by atoms with Gasteiger partial charge in [0.15, 0.2) is 0 Å². The lowest BCUT2D eigenvalue weighted by molar-refractivity contribution is 0.0974. The molecule has 2 heterocycles. The van der Waals surface area contributed by atoms with Gasteiger partial charge in [-0.1, -0.05) is 0 Å². The van der Waals surface area contributed by atoms with Gasteiger partial charge in [-0.05, 0) is 19.3 Å². The van der Waals surface area contributed by atoms with Crippen LogP contribution in [0, 0.1) is 0 Å². The average molecular weight is 234 g/mol. The summed E-state index contributed by atoms with van der Waals surface area (Å²) in [7, 11) is -3.12. The van der Waals surface area contributed by atoms with Crippen LogP contribution >= 0.6 is 0 Å². The Labute approximate surface area is 90.6 Å². The van der Waals surface area contributed by atoms with Crippen molar-refractivity contribution in [2.75, 3.05) is 26.3 Å². The third-order valence-electron chi connectivity index (χ3n) is 3.14. The SMILES string of the molecule is N[C@@H]1CCN(S(=O)(=O)C2CCOCC2)C1. The molecule has 2 rings (SSSR count). The highest BCUT2D eigenvalue weighted by Gasteiger charge is 2.36. The van der Waals surface area contributed by atoms with Crippen LogP contribution in [0.5, 0.6) is 0 Å². The third kappa shape index (κ3) is 2.33. The Balaban J connectivity index is 2.05. The van der Waals surface area contributed by atoms with Gasteiger partial charge in [0.05, 0.1) is 5.25 Å². The summed E-state index contributed by atoms with van der Waals surface area (Å²) in [5.74, 6) is 0. The lowest BCUT2D eigenvalue weighted by atomic mass is 10.2. The average Bonchev–Trinajstić information content (AvgIpc) is 2.67. The van der Waals surface area contributed by atoms with E-state index in [9.17, 15) is 8.42 Å². The van der Waals surface area contributed by atoms with Crippen LogP contribution in [0.4, 0.5) is 0 Å². The Kier molecular flexibility index (Phi) is 3.30. The maximum absolute atomic E-state index is 12.1. The largest absolute Gasteiger partial charge is 0.381 e. The standard InChI is InChI=1S/C9H18N2O3S/c10-8-1-4-11(7-8)15(12,13)9-2-5-14-6-3-9/h8-9H,1-7,10H2/t8-/m1/s1. The van der Waals surface area contributed by atoms with Gasteiger partial charge in [-0.15, -0.1) is 0 Å². The molecular weight excluding hydrogens is 216 g/mol. The maximum atomic E-state index is 12.1. The first-order chi connectivity index (χ1) is 7.10. The number of ether oxygens (including phenoxy) is 1. The van der Waals surface area contributed by atoms with E-state index in [-0.39, 0.29) is 11.3 Å². The van der Waals surface area contributed by atoms with E-state index in [0.29, 0.717) is 39.1 Å². The minimum absolute atomic E-state index is 0.0135. The monoisotopic (exact) mass is 234 g/mol. The van der Waals surface area contributed by atoms with E-state index in [1.54, 1.807) is 4.31 Å². The molecule has 0 aromatic carbocycles. The minimum atomic E-state index is -3.12. The first-order valence-corrected chi connectivity index (χ1v) is 6.93. The molecule has 0 aromatic heterocycles. The molecule has 2 saturated heterocycles. The van der Waals surface area contributed by atoms with Crippen molar-refractivity contribution in [3.05, 3.63) is 0 Å². The predicted molar refractivity (Wildman–Crippen MR) is 56.9 cm³/mol. The van der Waals surface area contributed by atoms with Gasteiger partial charge in [0, 0.05) is 32.3 Å². The Morgan fingerprint density at radius 3 is 2.40 bits per heavy atom. The summed E-state index contributed by atoms with van der Waals surface area (Å²) in [5.41, 5.74) is 5.72. The maximum Gasteiger partial charge on any atom is 0.217 e. The second-order valence-electron chi connectivity index (χ2n) is 4.26. The summed E-state index contributed by atoms with van der Waals surface area (Å²) in [6, 6.07) is 0.0135. The molecular formula is C9H18N2O3S. The fourth-order valence-electron chi connectivity index (χ4n) is 2.17. The van der Waals surface area contributed by atoms with Crippen molar-refractivity contribution in [2.45, 2.75) is 30.6 Å². The normalized spacial score (nSPS) is 30.9. The summed E-state index contributed by atoms with van der Waals surface area (Å²) < 4.78 is 31.0. The van der Waals surface area contributed by atoms with Crippen LogP contribution in [0.1, 0.15) is 19.3 Å². The summed E-state index contributed by atoms with van der Waals surface area (Å²) in [6.45, 7) is 2.19. The highest BCUT2D eigenvalue weighted by Crippen LogP contribution is 2.22. The molecule has 0 radical (unpaired) electrons. The van der Waals surface area contributed by atoms with Crippen molar-refractivity contribution in [1.29, 1.82) is 0 Å². The first-order valence-electron chi connectivity index (χ1n) is 5.43. The van der Waals surface area contributed by atoms with Crippen molar-refractivity contribution >= 4 is 10.0 Å². The Morgan fingerprint density at radius 1 is 1.20 bits per heavy atom. The fourth-order valence-corrected chi connectivity index (χ4v) is 4.14. The van der Waals surface area contributed by atoms with Crippen LogP contribution in [0.2, 0.25) is 0 Å². The summed E-state index contributed by atoms with van der Waals surface area (Å²) in [5, 5.41) is -0.253. The minimum Gasteiger partial charge on any atom is -0.381 e. The van der Waals surface area contributed by atoms with Gasteiger partial charge in [-0.2, -0.15) is 0 Å². The third-order valence-corrected chi connectivity index (χ3v) is 5.50. The molecule has 15 heavy (non-hydrogen) atoms. The van der Waals surface area contributed by atoms with Crippen LogP contribution in [0.3, 0.4) is 0 Å². The number of sulfonamides is 1. The number of nitrogens with zero attached hydrogens (tertiary/aromatic N) is 1. The van der Waals surface area contributed by atoms with Gasteiger partial charge in [-0.25, -0.2) is 12.7 Å². The molecule has 0 aromatic rings. The van der Waals surface area contributed by atoms with E-state index in [1.807, 2.05) is 0 Å². The zero-order valence-electron chi connectivity index (χ0n) is 8.76. The molecule has 0 bridgehead atoms. The van der Waals surface area contributed by atoms with E-state index in [1.165, 1.54) is 0 Å². The van der Waals surface area contributed by atoms with E-state index < -0.39 is 10.0 Å². The highest BCUT2D eigenvalue weighted by molar-refractivity contribution is 7.89. The van der Waals surface area contributed by atoms with Crippen molar-refractivity contribution in [1.82, 2.24) is 4.31 Å². The molecule has 6 heteroatoms. The Morgan fingerprint density at radius 2 is 1.87 bits per heavy atom. The zero-order chi connectivity index (χ0) is 10.9. The molecule has 2 N–H and O–H groups in total. The highest BCUT2D eigenvalue weighted by atomic mass is 32.2. The molecule has 2 aliphatic rings. The number of nitrogens with two attached hydrogens (primary N) is 1. The van der Waals surface area contributed by atoms with Gasteiger partial charge < -0.3 is 10.5 Å². The topological polar surface area (TPSA) is 72.6 Å². The molecule has 2 aliphatic heterocycles. The van der Waals surface area contributed by atoms with Crippen LogP contribution in [-0.4, -0.2) is 50.3 Å². The lowest BCUT2D eigenvalue weighted by Crippen LogP contribution is -2.41. The Bertz CT molecular complexity index is 301. The number of rotatable bonds is 2. The van der Waals surface area contributed by atoms with Crippen molar-refractivity contribution in [3.8, 4) is 0 Å². The van der Waals surface area contributed by atoms with E-state index in [4.69, 9.17) is 10.5 Å². The Hall–Kier alpha value is -0.170. The molecule has 0 unspecified atom stereocenters. The zero-order valence-corrected chi connectivity index (χ0v) is 9.58. The van der Waals surface area contributed by atoms with Crippen LogP contribution < -0.4 is 5.73 Å². The van der Waals surface area contributed by atoms with Crippen molar-refractivity contribution in [2.24, 2.45) is 5.73 Å². The second-order valence-corrected chi connectivity index (χ2v) is 6.48. The lowest BCUT2D eigenvalue weighted by Gasteiger charge is -2.26. The van der Waals surface area contributed by atoms with E-state index in [2.05, 4.69) is 0 Å². The molecule has 88 valence electrons. The van der Waals surface area contributed by atoms with E-state index in [0.717, 1.165) is 6.42 Å². The summed E-state index contributed by atoms with van der Waals surface area (Å²) >= 11 is 0. The molecule has 0 aliphatic carbocycles. The van der Waals surface area contributed by atoms with Gasteiger partial charge >= 0.3 is 0 Å². The predicted octanol–water partition coefficient (Wildman–Crippen LogP) is -0.472. The molecule has 0 amide bonds. The van der Waals surface area contributed by atoms with Gasteiger partial charge in [0.2, 0.25) is 10.0 Å². The smallest absolute Gasteiger partial charge is 0.217 e. The summed E-state index contributed by atoms with van der Waals surface area (Å²) in [6.07, 6.45) is 2.02. The molecule has 1 atom stereocenters. The summed E-state index contributed by atoms with van der Waals surface area (Å²) in [4.78, 5) is 0. The molecule has 0 spiro atoms. The van der Waals surface area contributed by atoms with Crippen LogP contribution in [0.25, 0.3) is 0 Å². The first kappa shape index (κ1) is 11.3.